The third kappa shape index (κ3) is 5.39. The normalized spacial score (nSPS) is 21.9. The third-order valence-corrected chi connectivity index (χ3v) is 3.81. The first-order valence-electron chi connectivity index (χ1n) is 7.87. The molecule has 1 saturated heterocycles. The molecule has 7 heteroatoms. The average molecular weight is 356 g/mol. The fourth-order valence-corrected chi connectivity index (χ4v) is 2.70. The van der Waals surface area contributed by atoms with E-state index in [4.69, 9.17) is 25.8 Å². The highest BCUT2D eigenvalue weighted by Crippen LogP contribution is 2.16. The standard InChI is InChI=1S/C17H22ClNO5/c1-11-8-19(9-12(2)23-11)17(21)13(3)24-16(20)10-22-15-6-4-14(18)5-7-15/h4-7,11-13H,8-10H2,1-3H3. The van der Waals surface area contributed by atoms with E-state index in [0.29, 0.717) is 23.9 Å². The molecule has 0 bridgehead atoms. The second-order valence-electron chi connectivity index (χ2n) is 5.88. The van der Waals surface area contributed by atoms with Gasteiger partial charge in [0.2, 0.25) is 0 Å². The van der Waals surface area contributed by atoms with Crippen LogP contribution >= 0.6 is 11.6 Å². The number of ether oxygens (including phenoxy) is 3. The van der Waals surface area contributed by atoms with Crippen molar-refractivity contribution in [2.45, 2.75) is 39.1 Å². The lowest BCUT2D eigenvalue weighted by atomic mass is 10.2. The fraction of sp³-hybridized carbons (Fsp3) is 0.529. The van der Waals surface area contributed by atoms with Gasteiger partial charge in [-0.3, -0.25) is 4.79 Å². The summed E-state index contributed by atoms with van der Waals surface area (Å²) in [6, 6.07) is 6.63. The van der Waals surface area contributed by atoms with Gasteiger partial charge in [0.15, 0.2) is 12.7 Å². The van der Waals surface area contributed by atoms with Crippen LogP contribution in [0.25, 0.3) is 0 Å². The molecule has 6 nitrogen and oxygen atoms in total. The van der Waals surface area contributed by atoms with Gasteiger partial charge >= 0.3 is 5.97 Å². The van der Waals surface area contributed by atoms with Crippen LogP contribution in [0, 0.1) is 0 Å². The van der Waals surface area contributed by atoms with Crippen molar-refractivity contribution in [2.24, 2.45) is 0 Å². The number of morpholine rings is 1. The van der Waals surface area contributed by atoms with Gasteiger partial charge in [-0.15, -0.1) is 0 Å². The lowest BCUT2D eigenvalue weighted by Crippen LogP contribution is -2.51. The summed E-state index contributed by atoms with van der Waals surface area (Å²) in [7, 11) is 0. The van der Waals surface area contributed by atoms with E-state index in [1.54, 1.807) is 36.1 Å². The smallest absolute Gasteiger partial charge is 0.344 e. The Morgan fingerprint density at radius 3 is 2.42 bits per heavy atom. The van der Waals surface area contributed by atoms with Gasteiger partial charge in [-0.05, 0) is 45.0 Å². The molecule has 24 heavy (non-hydrogen) atoms. The zero-order valence-electron chi connectivity index (χ0n) is 14.0. The Morgan fingerprint density at radius 2 is 1.83 bits per heavy atom. The lowest BCUT2D eigenvalue weighted by molar-refractivity contribution is -0.165. The first-order valence-corrected chi connectivity index (χ1v) is 8.25. The average Bonchev–Trinajstić information content (AvgIpc) is 2.52. The molecule has 0 N–H and O–H groups in total. The van der Waals surface area contributed by atoms with Crippen molar-refractivity contribution in [1.82, 2.24) is 4.90 Å². The quantitative estimate of drug-likeness (QED) is 0.758. The number of carbonyl (C=O) groups excluding carboxylic acids is 2. The van der Waals surface area contributed by atoms with Crippen LogP contribution in [-0.2, 0) is 19.1 Å². The zero-order valence-corrected chi connectivity index (χ0v) is 14.8. The topological polar surface area (TPSA) is 65.1 Å². The Morgan fingerprint density at radius 1 is 1.25 bits per heavy atom. The van der Waals surface area contributed by atoms with Crippen LogP contribution in [0.1, 0.15) is 20.8 Å². The molecule has 0 aliphatic carbocycles. The predicted octanol–water partition coefficient (Wildman–Crippen LogP) is 2.29. The van der Waals surface area contributed by atoms with Crippen LogP contribution in [0.15, 0.2) is 24.3 Å². The molecule has 1 aromatic rings. The summed E-state index contributed by atoms with van der Waals surface area (Å²) >= 11 is 5.77. The molecule has 0 radical (unpaired) electrons. The van der Waals surface area contributed by atoms with Gasteiger partial charge in [0.05, 0.1) is 12.2 Å². The van der Waals surface area contributed by atoms with Crippen LogP contribution in [0.4, 0.5) is 0 Å². The molecule has 1 fully saturated rings. The van der Waals surface area contributed by atoms with Gasteiger partial charge in [-0.1, -0.05) is 11.6 Å². The van der Waals surface area contributed by atoms with E-state index in [-0.39, 0.29) is 24.7 Å². The van der Waals surface area contributed by atoms with Crippen molar-refractivity contribution >= 4 is 23.5 Å². The van der Waals surface area contributed by atoms with E-state index < -0.39 is 12.1 Å². The molecule has 1 aliphatic heterocycles. The number of hydrogen-bond donors (Lipinski definition) is 0. The number of benzene rings is 1. The highest BCUT2D eigenvalue weighted by Gasteiger charge is 2.30. The number of nitrogens with zero attached hydrogens (tertiary/aromatic N) is 1. The van der Waals surface area contributed by atoms with E-state index in [1.807, 2.05) is 13.8 Å². The summed E-state index contributed by atoms with van der Waals surface area (Å²) in [6.45, 7) is 6.10. The Bertz CT molecular complexity index is 567. The summed E-state index contributed by atoms with van der Waals surface area (Å²) in [5, 5.41) is 0.582. The van der Waals surface area contributed by atoms with E-state index in [2.05, 4.69) is 0 Å². The van der Waals surface area contributed by atoms with Crippen LogP contribution in [0.3, 0.4) is 0 Å². The molecular weight excluding hydrogens is 334 g/mol. The van der Waals surface area contributed by atoms with Crippen LogP contribution in [0.5, 0.6) is 5.75 Å². The molecule has 1 heterocycles. The summed E-state index contributed by atoms with van der Waals surface area (Å²) < 4.78 is 16.1. The maximum absolute atomic E-state index is 12.4. The molecule has 3 atom stereocenters. The molecule has 1 amide bonds. The Balaban J connectivity index is 1.80. The molecule has 3 unspecified atom stereocenters. The first-order chi connectivity index (χ1) is 11.3. The number of rotatable bonds is 5. The monoisotopic (exact) mass is 355 g/mol. The van der Waals surface area contributed by atoms with Crippen molar-refractivity contribution in [3.05, 3.63) is 29.3 Å². The minimum absolute atomic E-state index is 0.0335. The largest absolute Gasteiger partial charge is 0.482 e. The molecule has 2 rings (SSSR count). The number of amides is 1. The first kappa shape index (κ1) is 18.5. The second kappa shape index (κ2) is 8.35. The maximum Gasteiger partial charge on any atom is 0.344 e. The summed E-state index contributed by atoms with van der Waals surface area (Å²) in [5.74, 6) is -0.317. The van der Waals surface area contributed by atoms with E-state index >= 15 is 0 Å². The number of carbonyl (C=O) groups is 2. The number of halogens is 1. The van der Waals surface area contributed by atoms with Gasteiger partial charge in [-0.2, -0.15) is 0 Å². The molecule has 0 saturated carbocycles. The molecule has 1 aliphatic rings. The van der Waals surface area contributed by atoms with Crippen molar-refractivity contribution in [3.8, 4) is 5.75 Å². The second-order valence-corrected chi connectivity index (χ2v) is 6.31. The molecule has 0 spiro atoms. The van der Waals surface area contributed by atoms with Crippen molar-refractivity contribution in [1.29, 1.82) is 0 Å². The number of hydrogen-bond acceptors (Lipinski definition) is 5. The Labute approximate surface area is 146 Å². The summed E-state index contributed by atoms with van der Waals surface area (Å²) in [6.07, 6.45) is -0.925. The SMILES string of the molecule is CC1CN(C(=O)C(C)OC(=O)COc2ccc(Cl)cc2)CC(C)O1. The van der Waals surface area contributed by atoms with Gasteiger partial charge in [0.1, 0.15) is 5.75 Å². The highest BCUT2D eigenvalue weighted by molar-refractivity contribution is 6.30. The Hall–Kier alpha value is -1.79. The van der Waals surface area contributed by atoms with Gasteiger partial charge < -0.3 is 19.1 Å². The maximum atomic E-state index is 12.4. The fourth-order valence-electron chi connectivity index (χ4n) is 2.57. The summed E-state index contributed by atoms with van der Waals surface area (Å²) in [4.78, 5) is 25.9. The predicted molar refractivity (Wildman–Crippen MR) is 89.1 cm³/mol. The molecule has 1 aromatic carbocycles. The molecule has 132 valence electrons. The van der Waals surface area contributed by atoms with E-state index in [1.165, 1.54) is 0 Å². The summed E-state index contributed by atoms with van der Waals surface area (Å²) in [5.41, 5.74) is 0. The van der Waals surface area contributed by atoms with Crippen LogP contribution in [0.2, 0.25) is 5.02 Å². The van der Waals surface area contributed by atoms with Crippen LogP contribution in [-0.4, -0.2) is 54.8 Å². The lowest BCUT2D eigenvalue weighted by Gasteiger charge is -2.36. The molecular formula is C17H22ClNO5. The molecule has 0 aromatic heterocycles. The zero-order chi connectivity index (χ0) is 17.7. The third-order valence-electron chi connectivity index (χ3n) is 3.56. The van der Waals surface area contributed by atoms with Gasteiger partial charge in [0, 0.05) is 18.1 Å². The van der Waals surface area contributed by atoms with Crippen molar-refractivity contribution < 1.29 is 23.8 Å². The highest BCUT2D eigenvalue weighted by atomic mass is 35.5. The van der Waals surface area contributed by atoms with Gasteiger partial charge in [0.25, 0.3) is 5.91 Å². The minimum Gasteiger partial charge on any atom is -0.482 e. The van der Waals surface area contributed by atoms with Crippen molar-refractivity contribution in [3.63, 3.8) is 0 Å². The van der Waals surface area contributed by atoms with Crippen molar-refractivity contribution in [2.75, 3.05) is 19.7 Å². The minimum atomic E-state index is -0.858. The number of esters is 1. The van der Waals surface area contributed by atoms with E-state index in [9.17, 15) is 9.59 Å². The Kier molecular flexibility index (Phi) is 6.45. The van der Waals surface area contributed by atoms with Gasteiger partial charge in [-0.25, -0.2) is 4.79 Å². The van der Waals surface area contributed by atoms with E-state index in [0.717, 1.165) is 0 Å². The van der Waals surface area contributed by atoms with Crippen LogP contribution < -0.4 is 4.74 Å².